The highest BCUT2D eigenvalue weighted by Crippen LogP contribution is 2.28. The van der Waals surface area contributed by atoms with E-state index in [4.69, 9.17) is 0 Å². The van der Waals surface area contributed by atoms with Crippen LogP contribution < -0.4 is 4.90 Å². The fourth-order valence-corrected chi connectivity index (χ4v) is 3.69. The summed E-state index contributed by atoms with van der Waals surface area (Å²) in [6.07, 6.45) is 2.20. The lowest BCUT2D eigenvalue weighted by Gasteiger charge is -2.39. The smallest absolute Gasteiger partial charge is 0.272 e. The molecule has 2 fully saturated rings. The summed E-state index contributed by atoms with van der Waals surface area (Å²) in [4.78, 5) is 17.1. The van der Waals surface area contributed by atoms with Gasteiger partial charge in [-0.15, -0.1) is 0 Å². The Balaban J connectivity index is 1.62. The van der Waals surface area contributed by atoms with E-state index in [2.05, 4.69) is 16.8 Å². The molecule has 24 heavy (non-hydrogen) atoms. The summed E-state index contributed by atoms with van der Waals surface area (Å²) in [5.41, 5.74) is 0.297. The van der Waals surface area contributed by atoms with E-state index in [1.165, 1.54) is 6.07 Å². The van der Waals surface area contributed by atoms with Gasteiger partial charge in [-0.3, -0.25) is 10.1 Å². The van der Waals surface area contributed by atoms with Crippen molar-refractivity contribution >= 4 is 11.4 Å². The van der Waals surface area contributed by atoms with E-state index in [0.717, 1.165) is 64.7 Å². The predicted octanol–water partition coefficient (Wildman–Crippen LogP) is 2.20. The Labute approximate surface area is 142 Å². The van der Waals surface area contributed by atoms with Crippen molar-refractivity contribution in [2.24, 2.45) is 5.92 Å². The first-order valence-corrected chi connectivity index (χ1v) is 8.62. The van der Waals surface area contributed by atoms with E-state index in [1.54, 1.807) is 6.07 Å². The maximum atomic E-state index is 14.3. The molecule has 0 radical (unpaired) electrons. The van der Waals surface area contributed by atoms with Crippen LogP contribution in [0.2, 0.25) is 0 Å². The van der Waals surface area contributed by atoms with Crippen molar-refractivity contribution in [2.75, 3.05) is 57.8 Å². The standard InChI is InChI=1S/C17H25FN4O2/c1-19-7-9-20(10-8-19)12-14-3-2-6-21(13-14)17-5-4-15(22(23)24)11-16(17)18/h4-5,11,14H,2-3,6-10,12-13H2,1H3/t14-/m1/s1. The molecule has 3 rings (SSSR count). The molecule has 0 aliphatic carbocycles. The average Bonchev–Trinajstić information content (AvgIpc) is 2.57. The van der Waals surface area contributed by atoms with Crippen LogP contribution in [-0.2, 0) is 0 Å². The molecule has 1 aromatic carbocycles. The molecular weight excluding hydrogens is 311 g/mol. The van der Waals surface area contributed by atoms with Gasteiger partial charge < -0.3 is 14.7 Å². The molecule has 0 amide bonds. The Morgan fingerprint density at radius 1 is 1.25 bits per heavy atom. The van der Waals surface area contributed by atoms with E-state index < -0.39 is 10.7 Å². The Hall–Kier alpha value is -1.73. The minimum absolute atomic E-state index is 0.192. The molecule has 2 heterocycles. The van der Waals surface area contributed by atoms with Gasteiger partial charge in [0.2, 0.25) is 0 Å². The van der Waals surface area contributed by atoms with Crippen molar-refractivity contribution in [2.45, 2.75) is 12.8 Å². The van der Waals surface area contributed by atoms with Gasteiger partial charge in [-0.05, 0) is 31.9 Å². The number of benzene rings is 1. The highest BCUT2D eigenvalue weighted by molar-refractivity contribution is 5.52. The van der Waals surface area contributed by atoms with E-state index in [0.29, 0.717) is 11.6 Å². The molecule has 0 spiro atoms. The first-order chi connectivity index (χ1) is 11.5. The number of nitrogens with zero attached hydrogens (tertiary/aromatic N) is 4. The molecule has 7 heteroatoms. The third-order valence-electron chi connectivity index (χ3n) is 5.11. The summed E-state index contributed by atoms with van der Waals surface area (Å²) in [7, 11) is 2.15. The number of nitro groups is 1. The fourth-order valence-electron chi connectivity index (χ4n) is 3.69. The minimum Gasteiger partial charge on any atom is -0.369 e. The molecule has 1 aromatic rings. The van der Waals surface area contributed by atoms with Crippen LogP contribution in [0.25, 0.3) is 0 Å². The van der Waals surface area contributed by atoms with Crippen molar-refractivity contribution < 1.29 is 9.31 Å². The van der Waals surface area contributed by atoms with E-state index >= 15 is 0 Å². The lowest BCUT2D eigenvalue weighted by Crippen LogP contribution is -2.48. The minimum atomic E-state index is -0.556. The second-order valence-corrected chi connectivity index (χ2v) is 6.95. The largest absolute Gasteiger partial charge is 0.369 e. The van der Waals surface area contributed by atoms with Crippen LogP contribution in [0.3, 0.4) is 0 Å². The number of rotatable bonds is 4. The van der Waals surface area contributed by atoms with Gasteiger partial charge in [0, 0.05) is 51.9 Å². The lowest BCUT2D eigenvalue weighted by molar-refractivity contribution is -0.385. The Morgan fingerprint density at radius 2 is 2.00 bits per heavy atom. The molecule has 0 bridgehead atoms. The van der Waals surface area contributed by atoms with Crippen LogP contribution in [0.1, 0.15) is 12.8 Å². The third kappa shape index (κ3) is 4.02. The second-order valence-electron chi connectivity index (χ2n) is 6.95. The summed E-state index contributed by atoms with van der Waals surface area (Å²) in [6, 6.07) is 3.97. The maximum absolute atomic E-state index is 14.3. The first kappa shape index (κ1) is 17.1. The van der Waals surface area contributed by atoms with Crippen molar-refractivity contribution in [3.63, 3.8) is 0 Å². The summed E-state index contributed by atoms with van der Waals surface area (Å²) >= 11 is 0. The van der Waals surface area contributed by atoms with E-state index in [9.17, 15) is 14.5 Å². The molecule has 2 aliphatic rings. The second kappa shape index (κ2) is 7.44. The number of piperidine rings is 1. The average molecular weight is 336 g/mol. The number of hydrogen-bond donors (Lipinski definition) is 0. The zero-order valence-electron chi connectivity index (χ0n) is 14.2. The SMILES string of the molecule is CN1CCN(C[C@H]2CCCN(c3ccc([N+](=O)[O-])cc3F)C2)CC1. The van der Waals surface area contributed by atoms with E-state index in [-0.39, 0.29) is 5.69 Å². The number of halogens is 1. The van der Waals surface area contributed by atoms with Crippen molar-refractivity contribution in [3.05, 3.63) is 34.1 Å². The molecule has 2 aliphatic heterocycles. The van der Waals surface area contributed by atoms with E-state index in [1.807, 2.05) is 4.90 Å². The Kier molecular flexibility index (Phi) is 5.30. The topological polar surface area (TPSA) is 52.9 Å². The summed E-state index contributed by atoms with van der Waals surface area (Å²) in [5, 5.41) is 10.8. The lowest BCUT2D eigenvalue weighted by atomic mass is 9.96. The quantitative estimate of drug-likeness (QED) is 0.623. The highest BCUT2D eigenvalue weighted by Gasteiger charge is 2.25. The van der Waals surface area contributed by atoms with Gasteiger partial charge in [-0.1, -0.05) is 0 Å². The van der Waals surface area contributed by atoms with Gasteiger partial charge >= 0.3 is 0 Å². The molecule has 0 N–H and O–H groups in total. The molecule has 0 saturated carbocycles. The number of nitro benzene ring substituents is 1. The molecule has 0 unspecified atom stereocenters. The number of non-ortho nitro benzene ring substituents is 1. The number of likely N-dealkylation sites (N-methyl/N-ethyl adjacent to an activating group) is 1. The molecule has 132 valence electrons. The maximum Gasteiger partial charge on any atom is 0.272 e. The van der Waals surface area contributed by atoms with Crippen molar-refractivity contribution in [1.29, 1.82) is 0 Å². The Bertz CT molecular complexity index is 590. The molecule has 2 saturated heterocycles. The van der Waals surface area contributed by atoms with Gasteiger partial charge in [-0.25, -0.2) is 4.39 Å². The van der Waals surface area contributed by atoms with Crippen molar-refractivity contribution in [3.8, 4) is 0 Å². The Morgan fingerprint density at radius 3 is 2.67 bits per heavy atom. The fraction of sp³-hybridized carbons (Fsp3) is 0.647. The van der Waals surface area contributed by atoms with Crippen LogP contribution in [0.4, 0.5) is 15.8 Å². The summed E-state index contributed by atoms with van der Waals surface area (Å²) < 4.78 is 14.3. The normalized spacial score (nSPS) is 23.4. The number of hydrogen-bond acceptors (Lipinski definition) is 5. The third-order valence-corrected chi connectivity index (χ3v) is 5.11. The van der Waals surface area contributed by atoms with Crippen LogP contribution >= 0.6 is 0 Å². The monoisotopic (exact) mass is 336 g/mol. The molecule has 0 aromatic heterocycles. The summed E-state index contributed by atoms with van der Waals surface area (Å²) in [5.74, 6) is 0.0289. The van der Waals surface area contributed by atoms with Gasteiger partial charge in [-0.2, -0.15) is 0 Å². The van der Waals surface area contributed by atoms with Crippen molar-refractivity contribution in [1.82, 2.24) is 9.80 Å². The number of anilines is 1. The zero-order chi connectivity index (χ0) is 17.1. The van der Waals surface area contributed by atoms with Gasteiger partial charge in [0.25, 0.3) is 5.69 Å². The van der Waals surface area contributed by atoms with Crippen LogP contribution in [0, 0.1) is 21.8 Å². The summed E-state index contributed by atoms with van der Waals surface area (Å²) in [6.45, 7) is 7.09. The van der Waals surface area contributed by atoms with Gasteiger partial charge in [0.15, 0.2) is 5.82 Å². The molecule has 6 nitrogen and oxygen atoms in total. The zero-order valence-corrected chi connectivity index (χ0v) is 14.2. The predicted molar refractivity (Wildman–Crippen MR) is 91.9 cm³/mol. The van der Waals surface area contributed by atoms with Crippen LogP contribution in [0.5, 0.6) is 0 Å². The van der Waals surface area contributed by atoms with Gasteiger partial charge in [0.05, 0.1) is 16.7 Å². The molecule has 1 atom stereocenters. The highest BCUT2D eigenvalue weighted by atomic mass is 19.1. The molecular formula is C17H25FN4O2. The van der Waals surface area contributed by atoms with Gasteiger partial charge in [0.1, 0.15) is 0 Å². The first-order valence-electron chi connectivity index (χ1n) is 8.62. The van der Waals surface area contributed by atoms with Crippen LogP contribution in [-0.4, -0.2) is 67.6 Å². The number of piperazine rings is 1. The van der Waals surface area contributed by atoms with Crippen LogP contribution in [0.15, 0.2) is 18.2 Å².